The number of hydrogen-bond acceptors (Lipinski definition) is 3. The van der Waals surface area contributed by atoms with Crippen molar-refractivity contribution < 1.29 is 9.59 Å². The maximum Gasteiger partial charge on any atom is 0.228 e. The number of carbonyl (C=O) groups is 2. The van der Waals surface area contributed by atoms with E-state index in [9.17, 15) is 9.59 Å². The minimum atomic E-state index is -0.215. The van der Waals surface area contributed by atoms with Gasteiger partial charge in [-0.15, -0.1) is 0 Å². The summed E-state index contributed by atoms with van der Waals surface area (Å²) in [6.45, 7) is 1.28. The SMILES string of the molecule is CN1CC(C(=O)N2CCCCC2c2nc3ccccc3n2C)CC1=O. The highest BCUT2D eigenvalue weighted by Crippen LogP contribution is 2.34. The van der Waals surface area contributed by atoms with Gasteiger partial charge in [-0.1, -0.05) is 12.1 Å². The maximum atomic E-state index is 13.1. The van der Waals surface area contributed by atoms with Crippen molar-refractivity contribution in [1.29, 1.82) is 0 Å². The Kier molecular flexibility index (Phi) is 3.98. The lowest BCUT2D eigenvalue weighted by Gasteiger charge is -2.36. The Morgan fingerprint density at radius 1 is 1.20 bits per heavy atom. The quantitative estimate of drug-likeness (QED) is 0.841. The van der Waals surface area contributed by atoms with Gasteiger partial charge in [-0.05, 0) is 31.4 Å². The normalized spacial score (nSPS) is 24.3. The first-order chi connectivity index (χ1) is 12.1. The van der Waals surface area contributed by atoms with Crippen LogP contribution < -0.4 is 0 Å². The highest BCUT2D eigenvalue weighted by atomic mass is 16.2. The van der Waals surface area contributed by atoms with Crippen molar-refractivity contribution >= 4 is 22.8 Å². The molecule has 25 heavy (non-hydrogen) atoms. The largest absolute Gasteiger partial charge is 0.345 e. The average molecular weight is 340 g/mol. The minimum Gasteiger partial charge on any atom is -0.345 e. The maximum absolute atomic E-state index is 13.1. The van der Waals surface area contributed by atoms with Crippen LogP contribution in [0, 0.1) is 5.92 Å². The van der Waals surface area contributed by atoms with Gasteiger partial charge in [0.2, 0.25) is 11.8 Å². The molecule has 2 aliphatic rings. The van der Waals surface area contributed by atoms with Gasteiger partial charge in [0.1, 0.15) is 5.82 Å². The summed E-state index contributed by atoms with van der Waals surface area (Å²) in [5, 5.41) is 0. The Hall–Kier alpha value is -2.37. The van der Waals surface area contributed by atoms with Crippen molar-refractivity contribution in [3.05, 3.63) is 30.1 Å². The number of aryl methyl sites for hydroxylation is 1. The molecule has 2 aliphatic heterocycles. The highest BCUT2D eigenvalue weighted by molar-refractivity contribution is 5.89. The van der Waals surface area contributed by atoms with E-state index in [4.69, 9.17) is 4.98 Å². The Labute approximate surface area is 147 Å². The Morgan fingerprint density at radius 2 is 2.00 bits per heavy atom. The van der Waals surface area contributed by atoms with Gasteiger partial charge in [-0.25, -0.2) is 4.98 Å². The molecule has 2 unspecified atom stereocenters. The molecule has 132 valence electrons. The molecule has 0 aliphatic carbocycles. The molecule has 4 rings (SSSR count). The molecule has 3 heterocycles. The van der Waals surface area contributed by atoms with Crippen molar-refractivity contribution in [2.45, 2.75) is 31.7 Å². The number of hydrogen-bond donors (Lipinski definition) is 0. The number of carbonyl (C=O) groups excluding carboxylic acids is 2. The summed E-state index contributed by atoms with van der Waals surface area (Å²) in [5.41, 5.74) is 2.06. The van der Waals surface area contributed by atoms with Gasteiger partial charge in [-0.3, -0.25) is 9.59 Å². The number of imidazole rings is 1. The zero-order valence-corrected chi connectivity index (χ0v) is 14.8. The smallest absolute Gasteiger partial charge is 0.228 e. The van der Waals surface area contributed by atoms with E-state index in [1.807, 2.05) is 30.1 Å². The van der Waals surface area contributed by atoms with Crippen LogP contribution in [0.3, 0.4) is 0 Å². The Bertz CT molecular complexity index is 828. The summed E-state index contributed by atoms with van der Waals surface area (Å²) in [7, 11) is 3.80. The van der Waals surface area contributed by atoms with E-state index in [1.165, 1.54) is 0 Å². The van der Waals surface area contributed by atoms with Crippen LogP contribution in [0.2, 0.25) is 0 Å². The molecule has 1 aromatic carbocycles. The van der Waals surface area contributed by atoms with Crippen molar-refractivity contribution in [2.75, 3.05) is 20.1 Å². The van der Waals surface area contributed by atoms with E-state index in [0.717, 1.165) is 42.7 Å². The topological polar surface area (TPSA) is 58.4 Å². The number of nitrogens with zero attached hydrogens (tertiary/aromatic N) is 4. The van der Waals surface area contributed by atoms with Crippen molar-refractivity contribution in [2.24, 2.45) is 13.0 Å². The summed E-state index contributed by atoms with van der Waals surface area (Å²) in [4.78, 5) is 33.4. The number of likely N-dealkylation sites (tertiary alicyclic amines) is 2. The van der Waals surface area contributed by atoms with E-state index >= 15 is 0 Å². The third-order valence-electron chi connectivity index (χ3n) is 5.60. The van der Waals surface area contributed by atoms with Crippen LogP contribution in [0.5, 0.6) is 0 Å². The summed E-state index contributed by atoms with van der Waals surface area (Å²) in [6.07, 6.45) is 3.38. The lowest BCUT2D eigenvalue weighted by Crippen LogP contribution is -2.43. The molecular weight excluding hydrogens is 316 g/mol. The van der Waals surface area contributed by atoms with Gasteiger partial charge in [-0.2, -0.15) is 0 Å². The lowest BCUT2D eigenvalue weighted by molar-refractivity contribution is -0.139. The predicted octanol–water partition coefficient (Wildman–Crippen LogP) is 2.11. The van der Waals surface area contributed by atoms with Gasteiger partial charge in [0, 0.05) is 33.6 Å². The number of benzene rings is 1. The Balaban J connectivity index is 1.66. The Morgan fingerprint density at radius 3 is 2.72 bits per heavy atom. The summed E-state index contributed by atoms with van der Waals surface area (Å²) in [5.74, 6) is 0.906. The van der Waals surface area contributed by atoms with E-state index in [0.29, 0.717) is 13.0 Å². The molecule has 0 radical (unpaired) electrons. The zero-order chi connectivity index (χ0) is 17.6. The van der Waals surface area contributed by atoms with E-state index in [-0.39, 0.29) is 23.8 Å². The van der Waals surface area contributed by atoms with Gasteiger partial charge >= 0.3 is 0 Å². The molecule has 6 nitrogen and oxygen atoms in total. The third-order valence-corrected chi connectivity index (χ3v) is 5.60. The fourth-order valence-corrected chi connectivity index (χ4v) is 4.19. The van der Waals surface area contributed by atoms with E-state index in [1.54, 1.807) is 11.9 Å². The number of para-hydroxylation sites is 2. The standard InChI is InChI=1S/C19H24N4O2/c1-21-12-13(11-17(21)24)19(25)23-10-6-5-9-16(23)18-20-14-7-3-4-8-15(14)22(18)2/h3-4,7-8,13,16H,5-6,9-12H2,1-2H3. The van der Waals surface area contributed by atoms with Gasteiger partial charge < -0.3 is 14.4 Å². The molecule has 2 aromatic rings. The molecule has 0 spiro atoms. The van der Waals surface area contributed by atoms with Gasteiger partial charge in [0.05, 0.1) is 23.0 Å². The first-order valence-electron chi connectivity index (χ1n) is 9.02. The van der Waals surface area contributed by atoms with E-state index < -0.39 is 0 Å². The fourth-order valence-electron chi connectivity index (χ4n) is 4.19. The van der Waals surface area contributed by atoms with Crippen LogP contribution in [-0.2, 0) is 16.6 Å². The number of amides is 2. The minimum absolute atomic E-state index is 0.000317. The molecule has 6 heteroatoms. The number of aromatic nitrogens is 2. The van der Waals surface area contributed by atoms with Gasteiger partial charge in [0.25, 0.3) is 0 Å². The molecule has 0 N–H and O–H groups in total. The molecular formula is C19H24N4O2. The van der Waals surface area contributed by atoms with Crippen molar-refractivity contribution in [3.8, 4) is 0 Å². The first kappa shape index (κ1) is 16.1. The van der Waals surface area contributed by atoms with Crippen molar-refractivity contribution in [1.82, 2.24) is 19.4 Å². The molecule has 0 saturated carbocycles. The summed E-state index contributed by atoms with van der Waals surface area (Å²) in [6, 6.07) is 8.07. The second kappa shape index (κ2) is 6.17. The van der Waals surface area contributed by atoms with Crippen LogP contribution in [0.25, 0.3) is 11.0 Å². The predicted molar refractivity (Wildman–Crippen MR) is 94.8 cm³/mol. The van der Waals surface area contributed by atoms with E-state index in [2.05, 4.69) is 10.6 Å². The monoisotopic (exact) mass is 340 g/mol. The van der Waals surface area contributed by atoms with Crippen LogP contribution in [0.1, 0.15) is 37.5 Å². The molecule has 2 fully saturated rings. The second-order valence-electron chi connectivity index (χ2n) is 7.24. The van der Waals surface area contributed by atoms with Crippen LogP contribution >= 0.6 is 0 Å². The van der Waals surface area contributed by atoms with Crippen LogP contribution in [-0.4, -0.2) is 51.3 Å². The van der Waals surface area contributed by atoms with Crippen molar-refractivity contribution in [3.63, 3.8) is 0 Å². The number of rotatable bonds is 2. The highest BCUT2D eigenvalue weighted by Gasteiger charge is 2.39. The molecule has 1 aromatic heterocycles. The first-order valence-corrected chi connectivity index (χ1v) is 9.02. The van der Waals surface area contributed by atoms with Gasteiger partial charge in [0.15, 0.2) is 0 Å². The zero-order valence-electron chi connectivity index (χ0n) is 14.8. The number of fused-ring (bicyclic) bond motifs is 1. The molecule has 2 atom stereocenters. The second-order valence-corrected chi connectivity index (χ2v) is 7.24. The molecule has 2 saturated heterocycles. The average Bonchev–Trinajstić information content (AvgIpc) is 3.14. The van der Waals surface area contributed by atoms with Crippen LogP contribution in [0.4, 0.5) is 0 Å². The molecule has 0 bridgehead atoms. The fraction of sp³-hybridized carbons (Fsp3) is 0.526. The van der Waals surface area contributed by atoms with Crippen LogP contribution in [0.15, 0.2) is 24.3 Å². The number of piperidine rings is 1. The third kappa shape index (κ3) is 2.69. The molecule has 2 amide bonds. The lowest BCUT2D eigenvalue weighted by atomic mass is 9.98. The summed E-state index contributed by atoms with van der Waals surface area (Å²) < 4.78 is 2.11. The summed E-state index contributed by atoms with van der Waals surface area (Å²) >= 11 is 0.